The van der Waals surface area contributed by atoms with Gasteiger partial charge in [0.1, 0.15) is 0 Å². The third-order valence-corrected chi connectivity index (χ3v) is 6.85. The van der Waals surface area contributed by atoms with E-state index in [0.717, 1.165) is 4.31 Å². The molecule has 2 amide bonds. The van der Waals surface area contributed by atoms with Crippen molar-refractivity contribution in [2.75, 3.05) is 56.2 Å². The van der Waals surface area contributed by atoms with Gasteiger partial charge in [-0.3, -0.25) is 9.59 Å². The van der Waals surface area contributed by atoms with E-state index in [0.29, 0.717) is 42.3 Å². The van der Waals surface area contributed by atoms with Crippen LogP contribution in [0.5, 0.6) is 0 Å². The third-order valence-electron chi connectivity index (χ3n) is 5.04. The molecule has 0 aromatic heterocycles. The number of carbonyl (C=O) groups excluding carboxylic acids is 2. The highest BCUT2D eigenvalue weighted by atomic mass is 32.2. The maximum atomic E-state index is 12.5. The topological polar surface area (TPSA) is 111 Å². The molecule has 33 heavy (non-hydrogen) atoms. The number of rotatable bonds is 11. The lowest BCUT2D eigenvalue weighted by molar-refractivity contribution is -0.114. The van der Waals surface area contributed by atoms with Crippen molar-refractivity contribution in [3.63, 3.8) is 0 Å². The predicted octanol–water partition coefficient (Wildman–Crippen LogP) is 2.90. The van der Waals surface area contributed by atoms with E-state index in [-0.39, 0.29) is 23.3 Å². The van der Waals surface area contributed by atoms with Crippen molar-refractivity contribution in [2.24, 2.45) is 0 Å². The molecule has 2 aromatic carbocycles. The zero-order valence-electron chi connectivity index (χ0n) is 19.8. The molecule has 0 bridgehead atoms. The van der Waals surface area contributed by atoms with E-state index in [1.165, 1.54) is 26.2 Å². The lowest BCUT2D eigenvalue weighted by Gasteiger charge is -2.18. The molecule has 0 radical (unpaired) electrons. The van der Waals surface area contributed by atoms with Crippen LogP contribution in [0.3, 0.4) is 0 Å². The number of nitrogens with one attached hydrogen (secondary N) is 3. The van der Waals surface area contributed by atoms with Crippen molar-refractivity contribution < 1.29 is 18.0 Å². The molecule has 0 aliphatic carbocycles. The van der Waals surface area contributed by atoms with Gasteiger partial charge in [-0.15, -0.1) is 0 Å². The van der Waals surface area contributed by atoms with E-state index in [4.69, 9.17) is 0 Å². The Morgan fingerprint density at radius 3 is 2.06 bits per heavy atom. The van der Waals surface area contributed by atoms with Crippen LogP contribution in [0.4, 0.5) is 17.1 Å². The van der Waals surface area contributed by atoms with Gasteiger partial charge in [0.2, 0.25) is 15.9 Å². The first-order valence-corrected chi connectivity index (χ1v) is 12.3. The van der Waals surface area contributed by atoms with Gasteiger partial charge >= 0.3 is 0 Å². The number of hydrogen-bond acceptors (Lipinski definition) is 6. The van der Waals surface area contributed by atoms with Crippen molar-refractivity contribution in [1.82, 2.24) is 9.21 Å². The Kier molecular flexibility index (Phi) is 9.24. The standard InChI is InChI=1S/C23H33N5O4S/c1-6-24-20-14-13-19(33(31,32)27(4)5)15-21(20)25-16-22(29)26-18-11-9-17(10-12-18)23(30)28(7-2)8-3/h9-15,24-25H,6-8,16H2,1-5H3,(H,26,29). The van der Waals surface area contributed by atoms with Gasteiger partial charge in [0, 0.05) is 45.0 Å². The lowest BCUT2D eigenvalue weighted by atomic mass is 10.1. The number of carbonyl (C=O) groups is 2. The highest BCUT2D eigenvalue weighted by Crippen LogP contribution is 2.26. The summed E-state index contributed by atoms with van der Waals surface area (Å²) in [7, 11) is -0.671. The molecular formula is C23H33N5O4S. The van der Waals surface area contributed by atoms with Crippen molar-refractivity contribution in [1.29, 1.82) is 0 Å². The summed E-state index contributed by atoms with van der Waals surface area (Å²) in [5.74, 6) is -0.357. The van der Waals surface area contributed by atoms with Gasteiger partial charge in [0.05, 0.1) is 22.8 Å². The molecule has 180 valence electrons. The van der Waals surface area contributed by atoms with Gasteiger partial charge in [0.25, 0.3) is 5.91 Å². The molecule has 10 heteroatoms. The Morgan fingerprint density at radius 2 is 1.52 bits per heavy atom. The van der Waals surface area contributed by atoms with E-state index in [9.17, 15) is 18.0 Å². The van der Waals surface area contributed by atoms with Crippen LogP contribution in [0.1, 0.15) is 31.1 Å². The smallest absolute Gasteiger partial charge is 0.253 e. The average Bonchev–Trinajstić information content (AvgIpc) is 2.79. The van der Waals surface area contributed by atoms with Gasteiger partial charge in [-0.25, -0.2) is 12.7 Å². The number of benzene rings is 2. The average molecular weight is 476 g/mol. The van der Waals surface area contributed by atoms with Crippen LogP contribution >= 0.6 is 0 Å². The van der Waals surface area contributed by atoms with Crippen LogP contribution < -0.4 is 16.0 Å². The molecule has 0 aliphatic heterocycles. The fourth-order valence-corrected chi connectivity index (χ4v) is 4.08. The second-order valence-electron chi connectivity index (χ2n) is 7.48. The van der Waals surface area contributed by atoms with Gasteiger partial charge in [0.15, 0.2) is 0 Å². The molecule has 0 fully saturated rings. The molecule has 3 N–H and O–H groups in total. The molecule has 9 nitrogen and oxygen atoms in total. The highest BCUT2D eigenvalue weighted by molar-refractivity contribution is 7.89. The molecule has 0 spiro atoms. The summed E-state index contributed by atoms with van der Waals surface area (Å²) >= 11 is 0. The fourth-order valence-electron chi connectivity index (χ4n) is 3.16. The van der Waals surface area contributed by atoms with Crippen LogP contribution in [0, 0.1) is 0 Å². The zero-order valence-corrected chi connectivity index (χ0v) is 20.6. The highest BCUT2D eigenvalue weighted by Gasteiger charge is 2.19. The number of sulfonamides is 1. The lowest BCUT2D eigenvalue weighted by Crippen LogP contribution is -2.30. The van der Waals surface area contributed by atoms with E-state index in [2.05, 4.69) is 16.0 Å². The Morgan fingerprint density at radius 1 is 0.879 bits per heavy atom. The quantitative estimate of drug-likeness (QED) is 0.461. The molecule has 0 aliphatic rings. The molecule has 0 atom stereocenters. The van der Waals surface area contributed by atoms with E-state index >= 15 is 0 Å². The predicted molar refractivity (Wildman–Crippen MR) is 132 cm³/mol. The van der Waals surface area contributed by atoms with Crippen LogP contribution in [0.15, 0.2) is 47.4 Å². The molecular weight excluding hydrogens is 442 g/mol. The number of amides is 2. The minimum atomic E-state index is -3.61. The maximum Gasteiger partial charge on any atom is 0.253 e. The molecule has 0 heterocycles. The van der Waals surface area contributed by atoms with Gasteiger partial charge in [-0.1, -0.05) is 0 Å². The largest absolute Gasteiger partial charge is 0.384 e. The summed E-state index contributed by atoms with van der Waals surface area (Å²) in [6.07, 6.45) is 0. The van der Waals surface area contributed by atoms with E-state index < -0.39 is 10.0 Å². The summed E-state index contributed by atoms with van der Waals surface area (Å²) in [6.45, 7) is 7.61. The second-order valence-corrected chi connectivity index (χ2v) is 9.63. The van der Waals surface area contributed by atoms with Crippen molar-refractivity contribution >= 4 is 38.9 Å². The SMILES string of the molecule is CCNc1ccc(S(=O)(=O)N(C)C)cc1NCC(=O)Nc1ccc(C(=O)N(CC)CC)cc1. The van der Waals surface area contributed by atoms with Crippen LogP contribution in [-0.2, 0) is 14.8 Å². The Labute approximate surface area is 196 Å². The summed E-state index contributed by atoms with van der Waals surface area (Å²) < 4.78 is 26.1. The summed E-state index contributed by atoms with van der Waals surface area (Å²) in [4.78, 5) is 26.7. The molecule has 0 unspecified atom stereocenters. The first kappa shape index (κ1) is 26.1. The minimum absolute atomic E-state index is 0.0527. The molecule has 2 rings (SSSR count). The number of anilines is 3. The van der Waals surface area contributed by atoms with E-state index in [1.807, 2.05) is 20.8 Å². The third kappa shape index (κ3) is 6.69. The van der Waals surface area contributed by atoms with Gasteiger partial charge < -0.3 is 20.9 Å². The maximum absolute atomic E-state index is 12.5. The Hall–Kier alpha value is -3.11. The van der Waals surface area contributed by atoms with E-state index in [1.54, 1.807) is 35.2 Å². The van der Waals surface area contributed by atoms with Crippen LogP contribution in [0.2, 0.25) is 0 Å². The van der Waals surface area contributed by atoms with Crippen molar-refractivity contribution in [2.45, 2.75) is 25.7 Å². The summed E-state index contributed by atoms with van der Waals surface area (Å²) in [5.41, 5.74) is 2.33. The van der Waals surface area contributed by atoms with Crippen molar-refractivity contribution in [3.8, 4) is 0 Å². The fraction of sp³-hybridized carbons (Fsp3) is 0.391. The minimum Gasteiger partial charge on any atom is -0.384 e. The van der Waals surface area contributed by atoms with Crippen LogP contribution in [0.25, 0.3) is 0 Å². The number of nitrogens with zero attached hydrogens (tertiary/aromatic N) is 2. The zero-order chi connectivity index (χ0) is 24.6. The summed E-state index contributed by atoms with van der Waals surface area (Å²) in [5, 5.41) is 8.94. The summed E-state index contributed by atoms with van der Waals surface area (Å²) in [6, 6.07) is 11.4. The van der Waals surface area contributed by atoms with Crippen molar-refractivity contribution in [3.05, 3.63) is 48.0 Å². The molecule has 0 saturated heterocycles. The Balaban J connectivity index is 2.09. The first-order chi connectivity index (χ1) is 15.6. The molecule has 2 aromatic rings. The monoisotopic (exact) mass is 475 g/mol. The number of hydrogen-bond donors (Lipinski definition) is 3. The second kappa shape index (κ2) is 11.7. The van der Waals surface area contributed by atoms with Gasteiger partial charge in [-0.05, 0) is 63.2 Å². The molecule has 0 saturated carbocycles. The Bertz CT molecular complexity index is 1060. The first-order valence-electron chi connectivity index (χ1n) is 10.9. The normalized spacial score (nSPS) is 11.2. The van der Waals surface area contributed by atoms with Crippen LogP contribution in [-0.4, -0.2) is 69.7 Å². The van der Waals surface area contributed by atoms with Gasteiger partial charge in [-0.2, -0.15) is 0 Å².